The van der Waals surface area contributed by atoms with E-state index in [0.717, 1.165) is 17.7 Å². The van der Waals surface area contributed by atoms with Gasteiger partial charge in [0.1, 0.15) is 5.75 Å². The predicted octanol–water partition coefficient (Wildman–Crippen LogP) is 3.20. The molecule has 0 spiro atoms. The van der Waals surface area contributed by atoms with Crippen LogP contribution in [0.15, 0.2) is 48.5 Å². The summed E-state index contributed by atoms with van der Waals surface area (Å²) >= 11 is 0. The number of nitrogens with zero attached hydrogens (tertiary/aromatic N) is 1. The molecule has 0 saturated heterocycles. The molecule has 1 aliphatic rings. The number of amides is 3. The fraction of sp³-hybridized carbons (Fsp3) is 0.333. The quantitative estimate of drug-likeness (QED) is 0.641. The lowest BCUT2D eigenvalue weighted by atomic mass is 9.94. The molecule has 7 heteroatoms. The lowest BCUT2D eigenvalue weighted by Gasteiger charge is -2.42. The highest BCUT2D eigenvalue weighted by molar-refractivity contribution is 6.11. The summed E-state index contributed by atoms with van der Waals surface area (Å²) in [7, 11) is 0. The second kappa shape index (κ2) is 8.31. The average molecular weight is 383 g/mol. The first-order chi connectivity index (χ1) is 13.5. The van der Waals surface area contributed by atoms with Crippen LogP contribution in [0.1, 0.15) is 32.3 Å². The van der Waals surface area contributed by atoms with Gasteiger partial charge in [-0.25, -0.2) is 4.79 Å². The van der Waals surface area contributed by atoms with Crippen molar-refractivity contribution in [2.24, 2.45) is 0 Å². The second-order valence-electron chi connectivity index (χ2n) is 6.52. The number of rotatable bonds is 7. The van der Waals surface area contributed by atoms with Gasteiger partial charge >= 0.3 is 6.03 Å². The molecule has 0 saturated carbocycles. The molecule has 0 aromatic heterocycles. The van der Waals surface area contributed by atoms with Crippen molar-refractivity contribution in [1.82, 2.24) is 5.32 Å². The Balaban J connectivity index is 2.05. The summed E-state index contributed by atoms with van der Waals surface area (Å²) in [5.74, 6) is -0.00265. The highest BCUT2D eigenvalue weighted by Crippen LogP contribution is 2.40. The molecule has 0 aliphatic carbocycles. The van der Waals surface area contributed by atoms with Crippen LogP contribution in [0.2, 0.25) is 0 Å². The highest BCUT2D eigenvalue weighted by Gasteiger charge is 2.51. The normalized spacial score (nSPS) is 18.2. The Kier molecular flexibility index (Phi) is 5.84. The molecule has 0 radical (unpaired) electrons. The minimum absolute atomic E-state index is 0.317. The Morgan fingerprint density at radius 2 is 1.89 bits per heavy atom. The van der Waals surface area contributed by atoms with Gasteiger partial charge in [0.25, 0.3) is 11.6 Å². The maximum atomic E-state index is 13.0. The van der Waals surface area contributed by atoms with Gasteiger partial charge in [-0.1, -0.05) is 31.5 Å². The number of carbonyl (C=O) groups is 2. The van der Waals surface area contributed by atoms with E-state index in [0.29, 0.717) is 35.8 Å². The van der Waals surface area contributed by atoms with E-state index in [9.17, 15) is 14.7 Å². The van der Waals surface area contributed by atoms with Crippen LogP contribution in [0.4, 0.5) is 16.2 Å². The van der Waals surface area contributed by atoms with Crippen molar-refractivity contribution in [1.29, 1.82) is 0 Å². The molecule has 0 unspecified atom stereocenters. The SMILES string of the molecule is CCCCNC(=O)[C@@]1(O)c2ccccc2NC(=O)N1c1ccc(OCC)cc1. The molecule has 3 N–H and O–H groups in total. The molecular weight excluding hydrogens is 358 g/mol. The zero-order chi connectivity index (χ0) is 20.1. The summed E-state index contributed by atoms with van der Waals surface area (Å²) in [6.45, 7) is 4.82. The van der Waals surface area contributed by atoms with Crippen LogP contribution in [-0.4, -0.2) is 30.2 Å². The number of hydrogen-bond acceptors (Lipinski definition) is 4. The van der Waals surface area contributed by atoms with Crippen LogP contribution < -0.4 is 20.3 Å². The molecule has 1 heterocycles. The third-order valence-electron chi connectivity index (χ3n) is 4.61. The molecule has 2 aromatic rings. The van der Waals surface area contributed by atoms with Gasteiger partial charge in [0.2, 0.25) is 0 Å². The van der Waals surface area contributed by atoms with Crippen LogP contribution in [-0.2, 0) is 10.5 Å². The van der Waals surface area contributed by atoms with Gasteiger partial charge in [-0.05, 0) is 43.7 Å². The smallest absolute Gasteiger partial charge is 0.329 e. The van der Waals surface area contributed by atoms with E-state index in [-0.39, 0.29) is 0 Å². The first-order valence-corrected chi connectivity index (χ1v) is 9.46. The Morgan fingerprint density at radius 1 is 1.18 bits per heavy atom. The number of urea groups is 1. The van der Waals surface area contributed by atoms with Crippen LogP contribution in [0.5, 0.6) is 5.75 Å². The van der Waals surface area contributed by atoms with E-state index in [1.165, 1.54) is 0 Å². The fourth-order valence-electron chi connectivity index (χ4n) is 3.22. The van der Waals surface area contributed by atoms with Crippen LogP contribution in [0, 0.1) is 0 Å². The van der Waals surface area contributed by atoms with E-state index in [1.54, 1.807) is 48.5 Å². The zero-order valence-corrected chi connectivity index (χ0v) is 16.1. The van der Waals surface area contributed by atoms with Gasteiger partial charge in [0.15, 0.2) is 0 Å². The summed E-state index contributed by atoms with van der Waals surface area (Å²) in [5, 5.41) is 17.1. The summed E-state index contributed by atoms with van der Waals surface area (Å²) in [5.41, 5.74) is -1.07. The summed E-state index contributed by atoms with van der Waals surface area (Å²) in [4.78, 5) is 27.0. The molecule has 3 rings (SSSR count). The molecule has 1 aliphatic heterocycles. The number of anilines is 2. The first-order valence-electron chi connectivity index (χ1n) is 9.46. The number of unbranched alkanes of at least 4 members (excludes halogenated alkanes) is 1. The maximum Gasteiger partial charge on any atom is 0.329 e. The van der Waals surface area contributed by atoms with E-state index < -0.39 is 17.7 Å². The number of nitrogens with one attached hydrogen (secondary N) is 2. The molecule has 0 fully saturated rings. The Hall–Kier alpha value is -3.06. The molecular formula is C21H25N3O4. The Labute approximate surface area is 164 Å². The van der Waals surface area contributed by atoms with E-state index >= 15 is 0 Å². The summed E-state index contributed by atoms with van der Waals surface area (Å²) in [6.07, 6.45) is 1.68. The van der Waals surface area contributed by atoms with Crippen LogP contribution in [0.3, 0.4) is 0 Å². The minimum Gasteiger partial charge on any atom is -0.494 e. The fourth-order valence-corrected chi connectivity index (χ4v) is 3.22. The lowest BCUT2D eigenvalue weighted by molar-refractivity contribution is -0.140. The maximum absolute atomic E-state index is 13.0. The summed E-state index contributed by atoms with van der Waals surface area (Å²) < 4.78 is 5.44. The predicted molar refractivity (Wildman–Crippen MR) is 107 cm³/mol. The Morgan fingerprint density at radius 3 is 2.57 bits per heavy atom. The standard InChI is InChI=1S/C21H25N3O4/c1-3-5-14-22-19(25)21(27)17-8-6-7-9-18(17)23-20(26)24(21)15-10-12-16(13-11-15)28-4-2/h6-13,27H,3-5,14H2,1-2H3,(H,22,25)(H,23,26)/t21-/m0/s1. The topological polar surface area (TPSA) is 90.9 Å². The highest BCUT2D eigenvalue weighted by atomic mass is 16.5. The van der Waals surface area contributed by atoms with E-state index in [1.807, 2.05) is 13.8 Å². The third kappa shape index (κ3) is 3.53. The number of para-hydroxylation sites is 1. The zero-order valence-electron chi connectivity index (χ0n) is 16.1. The Bertz CT molecular complexity index is 853. The van der Waals surface area contributed by atoms with Crippen molar-refractivity contribution in [2.75, 3.05) is 23.4 Å². The number of fused-ring (bicyclic) bond motifs is 1. The van der Waals surface area contributed by atoms with Crippen molar-refractivity contribution < 1.29 is 19.4 Å². The van der Waals surface area contributed by atoms with Gasteiger partial charge in [0.05, 0.1) is 12.3 Å². The van der Waals surface area contributed by atoms with Crippen LogP contribution in [0.25, 0.3) is 0 Å². The molecule has 28 heavy (non-hydrogen) atoms. The van der Waals surface area contributed by atoms with Gasteiger partial charge in [0, 0.05) is 17.8 Å². The lowest BCUT2D eigenvalue weighted by Crippen LogP contribution is -2.62. The van der Waals surface area contributed by atoms with E-state index in [4.69, 9.17) is 4.74 Å². The van der Waals surface area contributed by atoms with Crippen molar-refractivity contribution >= 4 is 23.3 Å². The van der Waals surface area contributed by atoms with Crippen molar-refractivity contribution in [3.8, 4) is 5.75 Å². The number of ether oxygens (including phenoxy) is 1. The molecule has 2 aromatic carbocycles. The minimum atomic E-state index is -2.17. The monoisotopic (exact) mass is 383 g/mol. The molecule has 0 bridgehead atoms. The van der Waals surface area contributed by atoms with Crippen LogP contribution >= 0.6 is 0 Å². The third-order valence-corrected chi connectivity index (χ3v) is 4.61. The average Bonchev–Trinajstić information content (AvgIpc) is 2.69. The largest absolute Gasteiger partial charge is 0.494 e. The van der Waals surface area contributed by atoms with Crippen molar-refractivity contribution in [2.45, 2.75) is 32.4 Å². The molecule has 3 amide bonds. The van der Waals surface area contributed by atoms with Gasteiger partial charge in [-0.2, -0.15) is 0 Å². The number of hydrogen-bond donors (Lipinski definition) is 3. The van der Waals surface area contributed by atoms with Gasteiger partial charge < -0.3 is 20.5 Å². The number of aliphatic hydroxyl groups is 1. The van der Waals surface area contributed by atoms with Gasteiger partial charge in [-0.3, -0.25) is 9.69 Å². The van der Waals surface area contributed by atoms with Crippen molar-refractivity contribution in [3.63, 3.8) is 0 Å². The van der Waals surface area contributed by atoms with Gasteiger partial charge in [-0.15, -0.1) is 0 Å². The number of carbonyl (C=O) groups excluding carboxylic acids is 2. The molecule has 148 valence electrons. The van der Waals surface area contributed by atoms with Crippen molar-refractivity contribution in [3.05, 3.63) is 54.1 Å². The summed E-state index contributed by atoms with van der Waals surface area (Å²) in [6, 6.07) is 12.8. The van der Waals surface area contributed by atoms with E-state index in [2.05, 4.69) is 10.6 Å². The second-order valence-corrected chi connectivity index (χ2v) is 6.52. The molecule has 1 atom stereocenters. The molecule has 7 nitrogen and oxygen atoms in total. The first kappa shape index (κ1) is 19.7. The number of benzene rings is 2.